The first-order valence-corrected chi connectivity index (χ1v) is 0.742. The molecule has 0 radical (unpaired) electrons. The van der Waals surface area contributed by atoms with Gasteiger partial charge >= 0.3 is 0 Å². The maximum absolute atomic E-state index is 4.61. The maximum Gasteiger partial charge on any atom is -0.0136 e. The summed E-state index contributed by atoms with van der Waals surface area (Å²) in [6.07, 6.45) is 1.25. The molecule has 10 heavy (non-hydrogen) atoms. The number of rotatable bonds is 0. The van der Waals surface area contributed by atoms with E-state index in [0.29, 0.717) is 0 Å². The van der Waals surface area contributed by atoms with Crippen molar-refractivity contribution in [1.82, 2.24) is 6.15 Å². The zero-order valence-electron chi connectivity index (χ0n) is 5.57. The molecule has 0 saturated heterocycles. The molecular formula is C2H20N2O6. The van der Waals surface area contributed by atoms with Gasteiger partial charge in [-0.15, -0.1) is 0 Å². The van der Waals surface area contributed by atoms with Gasteiger partial charge in [-0.25, -0.2) is 0 Å². The average Bonchev–Trinajstić information content (AvgIpc) is 0.918. The minimum atomic E-state index is 0. The highest BCUT2D eigenvalue weighted by molar-refractivity contribution is 4.48. The Morgan fingerprint density at radius 1 is 0.800 bits per heavy atom. The predicted octanol–water partition coefficient (Wildman–Crippen LogP) is -4.70. The molecule has 0 unspecified atom stereocenters. The fourth-order valence-electron chi connectivity index (χ4n) is 0. The van der Waals surface area contributed by atoms with Crippen LogP contribution in [0, 0.1) is 0 Å². The van der Waals surface area contributed by atoms with Crippen LogP contribution in [0.15, 0.2) is 12.8 Å². The van der Waals surface area contributed by atoms with Gasteiger partial charge in [-0.2, -0.15) is 0 Å². The van der Waals surface area contributed by atoms with E-state index < -0.39 is 0 Å². The predicted molar refractivity (Wildman–Crippen MR) is 41.1 cm³/mol. The van der Waals surface area contributed by atoms with Gasteiger partial charge in [-0.3, -0.25) is 0 Å². The topological polar surface area (TPSA) is 250 Å². The van der Waals surface area contributed by atoms with Gasteiger partial charge in [-0.1, -0.05) is 6.58 Å². The van der Waals surface area contributed by atoms with E-state index in [9.17, 15) is 0 Å². The minimum absolute atomic E-state index is 0. The molecular weight excluding hydrogens is 148 g/mol. The van der Waals surface area contributed by atoms with Crippen LogP contribution in [0.3, 0.4) is 0 Å². The molecule has 8 heteroatoms. The lowest BCUT2D eigenvalue weighted by molar-refractivity contribution is 0.823. The van der Waals surface area contributed by atoms with Gasteiger partial charge in [0.2, 0.25) is 0 Å². The molecule has 0 aliphatic carbocycles. The summed E-state index contributed by atoms with van der Waals surface area (Å²) in [4.78, 5) is 0. The Bertz CT molecular complexity index is 21.2. The van der Waals surface area contributed by atoms with Crippen molar-refractivity contribution in [1.29, 1.82) is 0 Å². The van der Waals surface area contributed by atoms with Crippen LogP contribution in [-0.4, -0.2) is 32.9 Å². The summed E-state index contributed by atoms with van der Waals surface area (Å²) >= 11 is 0. The van der Waals surface area contributed by atoms with Gasteiger partial charge in [0.25, 0.3) is 0 Å². The lowest BCUT2D eigenvalue weighted by atomic mass is 11.1. The van der Waals surface area contributed by atoms with Crippen LogP contribution in [0.2, 0.25) is 0 Å². The second-order valence-electron chi connectivity index (χ2n) is 0.236. The summed E-state index contributed by atoms with van der Waals surface area (Å²) in [6, 6.07) is 0. The first-order valence-electron chi connectivity index (χ1n) is 0.742. The van der Waals surface area contributed by atoms with Crippen molar-refractivity contribution in [2.24, 2.45) is 5.73 Å². The van der Waals surface area contributed by atoms with Gasteiger partial charge in [-0.05, 0) is 6.20 Å². The Hall–Kier alpha value is -0.740. The molecule has 0 heterocycles. The van der Waals surface area contributed by atoms with E-state index in [0.717, 1.165) is 0 Å². The van der Waals surface area contributed by atoms with Gasteiger partial charge in [0.15, 0.2) is 0 Å². The Morgan fingerprint density at radius 3 is 0.800 bits per heavy atom. The summed E-state index contributed by atoms with van der Waals surface area (Å²) < 4.78 is 0. The zero-order chi connectivity index (χ0) is 2.71. The molecule has 0 aliphatic heterocycles. The molecule has 17 N–H and O–H groups in total. The lowest BCUT2D eigenvalue weighted by Gasteiger charge is -1.40. The summed E-state index contributed by atoms with van der Waals surface area (Å²) in [7, 11) is 0. The van der Waals surface area contributed by atoms with Crippen LogP contribution >= 0.6 is 0 Å². The molecule has 0 atom stereocenters. The molecule has 0 aromatic heterocycles. The summed E-state index contributed by atoms with van der Waals surface area (Å²) in [6.45, 7) is 3.14. The third-order valence-electron chi connectivity index (χ3n) is 0. The highest BCUT2D eigenvalue weighted by Gasteiger charge is 1.09. The Morgan fingerprint density at radius 2 is 0.800 bits per heavy atom. The van der Waals surface area contributed by atoms with E-state index in [1.54, 1.807) is 0 Å². The molecule has 0 saturated carbocycles. The molecule has 0 fully saturated rings. The molecule has 0 aliphatic rings. The smallest absolute Gasteiger partial charge is 0.0136 e. The highest BCUT2D eigenvalue weighted by Crippen LogP contribution is 1.13. The zero-order valence-corrected chi connectivity index (χ0v) is 5.57. The van der Waals surface area contributed by atoms with Gasteiger partial charge in [0.05, 0.1) is 0 Å². The maximum atomic E-state index is 4.61. The molecule has 8 nitrogen and oxygen atoms in total. The lowest BCUT2D eigenvalue weighted by Crippen LogP contribution is -1.67. The summed E-state index contributed by atoms with van der Waals surface area (Å²) in [5.41, 5.74) is 4.61. The van der Waals surface area contributed by atoms with Crippen molar-refractivity contribution in [2.75, 3.05) is 0 Å². The van der Waals surface area contributed by atoms with Crippen LogP contribution in [0.4, 0.5) is 0 Å². The average molecular weight is 168 g/mol. The summed E-state index contributed by atoms with van der Waals surface area (Å²) in [5, 5.41) is 0. The third-order valence-corrected chi connectivity index (χ3v) is 0. The summed E-state index contributed by atoms with van der Waals surface area (Å²) in [5.74, 6) is 0. The van der Waals surface area contributed by atoms with Crippen molar-refractivity contribution < 1.29 is 32.9 Å². The Balaban J connectivity index is -0.000000000952. The first kappa shape index (κ1) is 398. The van der Waals surface area contributed by atoms with Gasteiger partial charge in [0.1, 0.15) is 0 Å². The molecule has 0 rings (SSSR count). The van der Waals surface area contributed by atoms with Crippen LogP contribution in [-0.2, 0) is 0 Å². The Kier molecular flexibility index (Phi) is 256000. The minimum Gasteiger partial charge on any atom is -0.412 e. The van der Waals surface area contributed by atoms with Crippen molar-refractivity contribution in [3.63, 3.8) is 0 Å². The molecule has 74 valence electrons. The molecule has 0 amide bonds. The molecule has 0 aromatic rings. The number of hydrogen-bond donors (Lipinski definition) is 2. The van der Waals surface area contributed by atoms with Crippen molar-refractivity contribution >= 4 is 0 Å². The quantitative estimate of drug-likeness (QED) is 0.361. The molecule has 0 aromatic carbocycles. The molecule has 0 bridgehead atoms. The van der Waals surface area contributed by atoms with Crippen LogP contribution in [0.25, 0.3) is 0 Å². The normalized spacial score (nSPS) is 1.20. The van der Waals surface area contributed by atoms with Crippen LogP contribution in [0.1, 0.15) is 0 Å². The van der Waals surface area contributed by atoms with Crippen LogP contribution < -0.4 is 11.9 Å². The fraction of sp³-hybridized carbons (Fsp3) is 0. The second-order valence-corrected chi connectivity index (χ2v) is 0.236. The Labute approximate surface area is 58.8 Å². The van der Waals surface area contributed by atoms with E-state index in [4.69, 9.17) is 0 Å². The molecule has 0 spiro atoms. The van der Waals surface area contributed by atoms with Gasteiger partial charge < -0.3 is 44.7 Å². The van der Waals surface area contributed by atoms with Crippen molar-refractivity contribution in [3.8, 4) is 0 Å². The highest BCUT2D eigenvalue weighted by atomic mass is 16.0. The van der Waals surface area contributed by atoms with Crippen molar-refractivity contribution in [2.45, 2.75) is 0 Å². The third kappa shape index (κ3) is 520. The first-order chi connectivity index (χ1) is 1.41. The van der Waals surface area contributed by atoms with E-state index in [2.05, 4.69) is 12.3 Å². The largest absolute Gasteiger partial charge is 0.412 e. The standard InChI is InChI=1S/C2H5N.H3N.6H2O/c1-2-3;;;;;;;/h2H,1,3H2;1H3;6*1H2. The fourth-order valence-corrected chi connectivity index (χ4v) is 0. The van der Waals surface area contributed by atoms with Crippen molar-refractivity contribution in [3.05, 3.63) is 12.8 Å². The number of hydrogen-bond acceptors (Lipinski definition) is 2. The SMILES string of the molecule is C=CN.N.O.O.O.O.O.O. The van der Waals surface area contributed by atoms with E-state index >= 15 is 0 Å². The second kappa shape index (κ2) is 6440. The monoisotopic (exact) mass is 168 g/mol. The van der Waals surface area contributed by atoms with Crippen LogP contribution in [0.5, 0.6) is 0 Å². The van der Waals surface area contributed by atoms with E-state index in [1.807, 2.05) is 0 Å². The van der Waals surface area contributed by atoms with E-state index in [-0.39, 0.29) is 39.0 Å². The van der Waals surface area contributed by atoms with E-state index in [1.165, 1.54) is 6.20 Å². The number of nitrogens with two attached hydrogens (primary N) is 1. The van der Waals surface area contributed by atoms with Gasteiger partial charge in [0, 0.05) is 0 Å².